The zero-order valence-corrected chi connectivity index (χ0v) is 14.5. The van der Waals surface area contributed by atoms with Gasteiger partial charge in [0, 0.05) is 11.6 Å². The van der Waals surface area contributed by atoms with Crippen molar-refractivity contribution >= 4 is 11.7 Å². The largest absolute Gasteiger partial charge is 0.478 e. The third-order valence-corrected chi connectivity index (χ3v) is 5.63. The number of aromatic carboxylic acids is 1. The lowest BCUT2D eigenvalue weighted by atomic mass is 9.75. The topological polar surface area (TPSA) is 49.3 Å². The Balaban J connectivity index is 1.87. The number of rotatable bonds is 2. The maximum absolute atomic E-state index is 13.6. The molecule has 1 heterocycles. The summed E-state index contributed by atoms with van der Waals surface area (Å²) < 4.78 is 40.7. The van der Waals surface area contributed by atoms with Gasteiger partial charge in [-0.2, -0.15) is 13.2 Å². The molecule has 27 heavy (non-hydrogen) atoms. The van der Waals surface area contributed by atoms with E-state index in [0.29, 0.717) is 17.7 Å². The van der Waals surface area contributed by atoms with Crippen molar-refractivity contribution in [2.75, 3.05) is 5.32 Å². The van der Waals surface area contributed by atoms with Gasteiger partial charge in [-0.1, -0.05) is 36.4 Å². The van der Waals surface area contributed by atoms with E-state index in [4.69, 9.17) is 0 Å². The van der Waals surface area contributed by atoms with E-state index in [9.17, 15) is 23.1 Å². The monoisotopic (exact) mass is 373 g/mol. The van der Waals surface area contributed by atoms with Gasteiger partial charge in [0.25, 0.3) is 0 Å². The predicted octanol–water partition coefficient (Wildman–Crippen LogP) is 5.54. The Morgan fingerprint density at radius 1 is 1.15 bits per heavy atom. The molecule has 2 aromatic carbocycles. The number of carbonyl (C=O) groups is 1. The molecule has 2 aliphatic rings. The lowest BCUT2D eigenvalue weighted by Gasteiger charge is -2.39. The number of allylic oxidation sites excluding steroid dienone is 2. The molecule has 140 valence electrons. The third kappa shape index (κ3) is 2.80. The molecule has 1 aliphatic heterocycles. The van der Waals surface area contributed by atoms with Crippen LogP contribution in [0.4, 0.5) is 18.9 Å². The van der Waals surface area contributed by atoms with Gasteiger partial charge in [0.1, 0.15) is 0 Å². The van der Waals surface area contributed by atoms with Gasteiger partial charge in [-0.3, -0.25) is 0 Å². The number of halogens is 3. The number of fused-ring (bicyclic) bond motifs is 3. The number of hydrogen-bond donors (Lipinski definition) is 2. The quantitative estimate of drug-likeness (QED) is 0.680. The zero-order chi connectivity index (χ0) is 19.3. The number of carboxylic acids is 1. The Morgan fingerprint density at radius 2 is 1.89 bits per heavy atom. The van der Waals surface area contributed by atoms with Crippen LogP contribution in [0.1, 0.15) is 51.0 Å². The Kier molecular flexibility index (Phi) is 4.02. The Bertz CT molecular complexity index is 949. The van der Waals surface area contributed by atoms with Gasteiger partial charge in [-0.25, -0.2) is 4.79 Å². The van der Waals surface area contributed by atoms with Gasteiger partial charge >= 0.3 is 12.1 Å². The number of anilines is 1. The van der Waals surface area contributed by atoms with E-state index in [2.05, 4.69) is 5.32 Å². The lowest BCUT2D eigenvalue weighted by molar-refractivity contribution is -0.138. The highest BCUT2D eigenvalue weighted by Gasteiger charge is 2.43. The first-order chi connectivity index (χ1) is 12.8. The maximum Gasteiger partial charge on any atom is 0.416 e. The molecule has 6 heteroatoms. The predicted molar refractivity (Wildman–Crippen MR) is 95.9 cm³/mol. The van der Waals surface area contributed by atoms with E-state index in [1.165, 1.54) is 12.1 Å². The number of alkyl halides is 3. The summed E-state index contributed by atoms with van der Waals surface area (Å²) in [4.78, 5) is 11.5. The molecule has 0 saturated carbocycles. The maximum atomic E-state index is 13.6. The summed E-state index contributed by atoms with van der Waals surface area (Å²) in [6.45, 7) is 1.70. The minimum absolute atomic E-state index is 0.0333. The van der Waals surface area contributed by atoms with Gasteiger partial charge in [0.15, 0.2) is 0 Å². The summed E-state index contributed by atoms with van der Waals surface area (Å²) in [7, 11) is 0. The van der Waals surface area contributed by atoms with Crippen LogP contribution in [0.2, 0.25) is 0 Å². The fourth-order valence-electron chi connectivity index (χ4n) is 4.38. The normalized spacial score (nSPS) is 23.5. The highest BCUT2D eigenvalue weighted by molar-refractivity contribution is 5.92. The van der Waals surface area contributed by atoms with E-state index in [1.54, 1.807) is 25.1 Å². The van der Waals surface area contributed by atoms with Crippen molar-refractivity contribution in [1.29, 1.82) is 0 Å². The van der Waals surface area contributed by atoms with Crippen LogP contribution >= 0.6 is 0 Å². The van der Waals surface area contributed by atoms with Crippen LogP contribution in [0, 0.1) is 12.8 Å². The highest BCUT2D eigenvalue weighted by Crippen LogP contribution is 2.52. The Morgan fingerprint density at radius 3 is 2.59 bits per heavy atom. The molecule has 4 rings (SSSR count). The van der Waals surface area contributed by atoms with E-state index in [0.717, 1.165) is 11.6 Å². The first kappa shape index (κ1) is 17.6. The van der Waals surface area contributed by atoms with Crippen molar-refractivity contribution in [1.82, 2.24) is 0 Å². The molecule has 1 aliphatic carbocycles. The molecule has 2 N–H and O–H groups in total. The van der Waals surface area contributed by atoms with Gasteiger partial charge < -0.3 is 10.4 Å². The number of hydrogen-bond acceptors (Lipinski definition) is 2. The van der Waals surface area contributed by atoms with E-state index >= 15 is 0 Å². The molecule has 0 aromatic heterocycles. The Hall–Kier alpha value is -2.76. The van der Waals surface area contributed by atoms with Crippen LogP contribution in [-0.4, -0.2) is 11.1 Å². The van der Waals surface area contributed by atoms with Crippen LogP contribution in [0.5, 0.6) is 0 Å². The van der Waals surface area contributed by atoms with Crippen LogP contribution in [0.15, 0.2) is 48.6 Å². The van der Waals surface area contributed by atoms with Crippen molar-refractivity contribution in [2.24, 2.45) is 5.92 Å². The molecule has 0 radical (unpaired) electrons. The first-order valence-corrected chi connectivity index (χ1v) is 8.75. The third-order valence-electron chi connectivity index (χ3n) is 5.63. The summed E-state index contributed by atoms with van der Waals surface area (Å²) in [6, 6.07) is 8.42. The molecule has 0 fully saturated rings. The van der Waals surface area contributed by atoms with Gasteiger partial charge in [0.2, 0.25) is 0 Å². The summed E-state index contributed by atoms with van der Waals surface area (Å²) in [5.74, 6) is -1.13. The second-order valence-corrected chi connectivity index (χ2v) is 7.07. The molecular formula is C21H18F3NO2. The van der Waals surface area contributed by atoms with Crippen LogP contribution < -0.4 is 5.32 Å². The molecule has 0 unspecified atom stereocenters. The number of nitrogens with one attached hydrogen (secondary N) is 1. The van der Waals surface area contributed by atoms with Crippen LogP contribution in [0.25, 0.3) is 0 Å². The second-order valence-electron chi connectivity index (χ2n) is 7.07. The summed E-state index contributed by atoms with van der Waals surface area (Å²) in [5, 5.41) is 12.7. The minimum atomic E-state index is -4.45. The standard InChI is InChI=1S/C21H18F3NO2/c1-11-12(20(26)27)9-10-15-13-6-4-7-14(13)19(25-18(11)15)16-5-2-3-8-17(16)21(22,23)24/h2-6,8-10,13-14,19,25H,7H2,1H3,(H,26,27)/t13-,14+,19-/m1/s1. The Labute approximate surface area is 154 Å². The molecular weight excluding hydrogens is 355 g/mol. The average molecular weight is 373 g/mol. The summed E-state index contributed by atoms with van der Waals surface area (Å²) in [6.07, 6.45) is 0.245. The number of benzene rings is 2. The lowest BCUT2D eigenvalue weighted by Crippen LogP contribution is -2.31. The molecule has 3 nitrogen and oxygen atoms in total. The van der Waals surface area contributed by atoms with Crippen molar-refractivity contribution in [3.8, 4) is 0 Å². The molecule has 0 saturated heterocycles. The molecule has 0 amide bonds. The van der Waals surface area contributed by atoms with E-state index < -0.39 is 23.8 Å². The fourth-order valence-corrected chi connectivity index (χ4v) is 4.38. The highest BCUT2D eigenvalue weighted by atomic mass is 19.4. The smallest absolute Gasteiger partial charge is 0.416 e. The van der Waals surface area contributed by atoms with Crippen LogP contribution in [-0.2, 0) is 6.18 Å². The minimum Gasteiger partial charge on any atom is -0.478 e. The van der Waals surface area contributed by atoms with Crippen molar-refractivity contribution in [2.45, 2.75) is 31.5 Å². The number of carboxylic acid groups (broad SMARTS) is 1. The van der Waals surface area contributed by atoms with Crippen molar-refractivity contribution < 1.29 is 23.1 Å². The summed E-state index contributed by atoms with van der Waals surface area (Å²) in [5.41, 5.74) is 1.83. The van der Waals surface area contributed by atoms with Crippen LogP contribution in [0.3, 0.4) is 0 Å². The molecule has 3 atom stereocenters. The van der Waals surface area contributed by atoms with Gasteiger partial charge in [0.05, 0.1) is 17.2 Å². The van der Waals surface area contributed by atoms with Gasteiger partial charge in [-0.15, -0.1) is 0 Å². The van der Waals surface area contributed by atoms with E-state index in [1.807, 2.05) is 12.2 Å². The SMILES string of the molecule is Cc1c(C(=O)O)ccc2c1N[C@@H](c1ccccc1C(F)(F)F)[C@H]1CC=C[C@@H]21. The van der Waals surface area contributed by atoms with Gasteiger partial charge in [-0.05, 0) is 48.1 Å². The van der Waals surface area contributed by atoms with Crippen molar-refractivity contribution in [3.05, 3.63) is 76.4 Å². The first-order valence-electron chi connectivity index (χ1n) is 8.75. The molecule has 0 bridgehead atoms. The molecule has 0 spiro atoms. The van der Waals surface area contributed by atoms with E-state index in [-0.39, 0.29) is 23.0 Å². The van der Waals surface area contributed by atoms with Crippen molar-refractivity contribution in [3.63, 3.8) is 0 Å². The average Bonchev–Trinajstić information content (AvgIpc) is 3.10. The molecule has 2 aromatic rings. The zero-order valence-electron chi connectivity index (χ0n) is 14.5. The summed E-state index contributed by atoms with van der Waals surface area (Å²) >= 11 is 0. The second kappa shape index (κ2) is 6.15. The fraction of sp³-hybridized carbons (Fsp3) is 0.286.